The molecule has 0 fully saturated rings. The maximum atomic E-state index is 11.6. The first-order chi connectivity index (χ1) is 7.99. The van der Waals surface area contributed by atoms with Gasteiger partial charge in [0.15, 0.2) is 0 Å². The lowest BCUT2D eigenvalue weighted by molar-refractivity contribution is -0.140. The molecule has 0 saturated carbocycles. The van der Waals surface area contributed by atoms with Gasteiger partial charge in [-0.15, -0.1) is 0 Å². The van der Waals surface area contributed by atoms with Crippen LogP contribution in [0.1, 0.15) is 24.0 Å². The number of nitrogens with zero attached hydrogens (tertiary/aromatic N) is 1. The molecule has 1 aromatic carbocycles. The normalized spacial score (nSPS) is 10.0. The van der Waals surface area contributed by atoms with E-state index >= 15 is 0 Å². The van der Waals surface area contributed by atoms with Crippen molar-refractivity contribution < 1.29 is 14.7 Å². The van der Waals surface area contributed by atoms with Gasteiger partial charge in [-0.25, -0.2) is 0 Å². The fourth-order valence-corrected chi connectivity index (χ4v) is 1.58. The van der Waals surface area contributed by atoms with Gasteiger partial charge in [0.05, 0.1) is 6.42 Å². The summed E-state index contributed by atoms with van der Waals surface area (Å²) in [5, 5.41) is 8.50. The summed E-state index contributed by atoms with van der Waals surface area (Å²) >= 11 is 0. The molecule has 0 unspecified atom stereocenters. The Morgan fingerprint density at radius 1 is 1.29 bits per heavy atom. The van der Waals surface area contributed by atoms with Crippen LogP contribution in [0.4, 0.5) is 0 Å². The van der Waals surface area contributed by atoms with Crippen molar-refractivity contribution in [2.24, 2.45) is 0 Å². The van der Waals surface area contributed by atoms with Gasteiger partial charge in [0.25, 0.3) is 0 Å². The summed E-state index contributed by atoms with van der Waals surface area (Å²) in [4.78, 5) is 23.5. The van der Waals surface area contributed by atoms with E-state index in [-0.39, 0.29) is 18.7 Å². The molecule has 0 bridgehead atoms. The van der Waals surface area contributed by atoms with Gasteiger partial charge < -0.3 is 10.0 Å². The molecule has 1 N–H and O–H groups in total. The Balaban J connectivity index is 2.51. The van der Waals surface area contributed by atoms with Crippen molar-refractivity contribution in [1.29, 1.82) is 0 Å². The van der Waals surface area contributed by atoms with Crippen LogP contribution in [0.25, 0.3) is 0 Å². The second-order valence-corrected chi connectivity index (χ2v) is 4.13. The Kier molecular flexibility index (Phi) is 4.69. The first kappa shape index (κ1) is 13.2. The van der Waals surface area contributed by atoms with Crippen LogP contribution in [0.5, 0.6) is 0 Å². The number of aliphatic carboxylic acids is 1. The van der Waals surface area contributed by atoms with Crippen LogP contribution in [-0.4, -0.2) is 28.9 Å². The van der Waals surface area contributed by atoms with Crippen molar-refractivity contribution in [2.45, 2.75) is 26.3 Å². The van der Waals surface area contributed by atoms with Crippen LogP contribution < -0.4 is 0 Å². The van der Waals surface area contributed by atoms with E-state index < -0.39 is 5.97 Å². The van der Waals surface area contributed by atoms with Crippen molar-refractivity contribution in [1.82, 2.24) is 4.90 Å². The van der Waals surface area contributed by atoms with E-state index in [1.807, 2.05) is 31.2 Å². The van der Waals surface area contributed by atoms with Crippen LogP contribution in [0.3, 0.4) is 0 Å². The molecule has 0 aliphatic heterocycles. The van der Waals surface area contributed by atoms with Gasteiger partial charge >= 0.3 is 5.97 Å². The van der Waals surface area contributed by atoms with Gasteiger partial charge in [0.1, 0.15) is 0 Å². The molecular weight excluding hydrogens is 218 g/mol. The zero-order chi connectivity index (χ0) is 12.8. The number of carboxylic acid groups (broad SMARTS) is 1. The number of rotatable bonds is 5. The third-order valence-corrected chi connectivity index (χ3v) is 2.48. The Bertz CT molecular complexity index is 415. The number of hydrogen-bond donors (Lipinski definition) is 1. The van der Waals surface area contributed by atoms with Crippen molar-refractivity contribution in [2.75, 3.05) is 7.05 Å². The molecule has 17 heavy (non-hydrogen) atoms. The van der Waals surface area contributed by atoms with Crippen LogP contribution in [0.2, 0.25) is 0 Å². The summed E-state index contributed by atoms with van der Waals surface area (Å²) in [6.45, 7) is 2.51. The molecular formula is C13H17NO3. The Hall–Kier alpha value is -1.84. The molecule has 0 aliphatic carbocycles. The molecule has 0 radical (unpaired) electrons. The lowest BCUT2D eigenvalue weighted by atomic mass is 10.1. The first-order valence-corrected chi connectivity index (χ1v) is 5.50. The number of aryl methyl sites for hydroxylation is 1. The number of hydrogen-bond acceptors (Lipinski definition) is 2. The van der Waals surface area contributed by atoms with E-state index in [2.05, 4.69) is 0 Å². The van der Waals surface area contributed by atoms with Crippen molar-refractivity contribution in [3.8, 4) is 0 Å². The SMILES string of the molecule is Cc1cccc(CN(C)C(=O)CCC(=O)O)c1. The second-order valence-electron chi connectivity index (χ2n) is 4.13. The van der Waals surface area contributed by atoms with E-state index in [1.54, 1.807) is 11.9 Å². The number of carboxylic acids is 1. The van der Waals surface area contributed by atoms with Gasteiger partial charge in [-0.3, -0.25) is 9.59 Å². The van der Waals surface area contributed by atoms with E-state index in [4.69, 9.17) is 5.11 Å². The van der Waals surface area contributed by atoms with Crippen LogP contribution >= 0.6 is 0 Å². The zero-order valence-electron chi connectivity index (χ0n) is 10.1. The third kappa shape index (κ3) is 4.68. The van der Waals surface area contributed by atoms with Crippen molar-refractivity contribution in [3.05, 3.63) is 35.4 Å². The molecule has 0 aliphatic rings. The largest absolute Gasteiger partial charge is 0.481 e. The average Bonchev–Trinajstić information content (AvgIpc) is 2.25. The fourth-order valence-electron chi connectivity index (χ4n) is 1.58. The monoisotopic (exact) mass is 235 g/mol. The minimum absolute atomic E-state index is 0.0532. The topological polar surface area (TPSA) is 57.6 Å². The zero-order valence-corrected chi connectivity index (χ0v) is 10.1. The summed E-state index contributed by atoms with van der Waals surface area (Å²) in [5.74, 6) is -1.09. The number of carbonyl (C=O) groups is 2. The second kappa shape index (κ2) is 6.03. The number of carbonyl (C=O) groups excluding carboxylic acids is 1. The van der Waals surface area contributed by atoms with Crippen molar-refractivity contribution in [3.63, 3.8) is 0 Å². The molecule has 92 valence electrons. The highest BCUT2D eigenvalue weighted by molar-refractivity contribution is 5.80. The lowest BCUT2D eigenvalue weighted by Crippen LogP contribution is -2.26. The Morgan fingerprint density at radius 3 is 2.59 bits per heavy atom. The number of amides is 1. The van der Waals surface area contributed by atoms with Crippen LogP contribution in [-0.2, 0) is 16.1 Å². The third-order valence-electron chi connectivity index (χ3n) is 2.48. The van der Waals surface area contributed by atoms with E-state index in [0.29, 0.717) is 6.54 Å². The van der Waals surface area contributed by atoms with Crippen molar-refractivity contribution >= 4 is 11.9 Å². The number of benzene rings is 1. The lowest BCUT2D eigenvalue weighted by Gasteiger charge is -2.17. The highest BCUT2D eigenvalue weighted by atomic mass is 16.4. The van der Waals surface area contributed by atoms with Crippen LogP contribution in [0.15, 0.2) is 24.3 Å². The highest BCUT2D eigenvalue weighted by Crippen LogP contribution is 2.07. The molecule has 0 heterocycles. The predicted molar refractivity (Wildman–Crippen MR) is 64.5 cm³/mol. The quantitative estimate of drug-likeness (QED) is 0.846. The molecule has 0 spiro atoms. The highest BCUT2D eigenvalue weighted by Gasteiger charge is 2.10. The molecule has 0 aromatic heterocycles. The Labute approximate surface area is 101 Å². The maximum Gasteiger partial charge on any atom is 0.303 e. The smallest absolute Gasteiger partial charge is 0.303 e. The van der Waals surface area contributed by atoms with E-state index in [9.17, 15) is 9.59 Å². The standard InChI is InChI=1S/C13H17NO3/c1-10-4-3-5-11(8-10)9-14(2)12(15)6-7-13(16)17/h3-5,8H,6-7,9H2,1-2H3,(H,16,17). The summed E-state index contributed by atoms with van der Waals surface area (Å²) < 4.78 is 0. The minimum atomic E-state index is -0.942. The molecule has 1 aromatic rings. The van der Waals surface area contributed by atoms with Crippen LogP contribution in [0, 0.1) is 6.92 Å². The molecule has 0 atom stereocenters. The van der Waals surface area contributed by atoms with Gasteiger partial charge in [0, 0.05) is 20.0 Å². The summed E-state index contributed by atoms with van der Waals surface area (Å²) in [7, 11) is 1.69. The van der Waals surface area contributed by atoms with Gasteiger partial charge in [-0.05, 0) is 12.5 Å². The summed E-state index contributed by atoms with van der Waals surface area (Å²) in [6, 6.07) is 7.91. The molecule has 4 nitrogen and oxygen atoms in total. The van der Waals surface area contributed by atoms with E-state index in [1.165, 1.54) is 0 Å². The van der Waals surface area contributed by atoms with Gasteiger partial charge in [0.2, 0.25) is 5.91 Å². The summed E-state index contributed by atoms with van der Waals surface area (Å²) in [5.41, 5.74) is 2.20. The molecule has 0 saturated heterocycles. The molecule has 1 rings (SSSR count). The van der Waals surface area contributed by atoms with Gasteiger partial charge in [-0.2, -0.15) is 0 Å². The Morgan fingerprint density at radius 2 is 2.00 bits per heavy atom. The fraction of sp³-hybridized carbons (Fsp3) is 0.385. The predicted octanol–water partition coefficient (Wildman–Crippen LogP) is 1.82. The maximum absolute atomic E-state index is 11.6. The molecule has 4 heteroatoms. The summed E-state index contributed by atoms with van der Waals surface area (Å²) in [6.07, 6.45) is -0.0609. The average molecular weight is 235 g/mol. The van der Waals surface area contributed by atoms with Gasteiger partial charge in [-0.1, -0.05) is 29.8 Å². The molecule has 1 amide bonds. The van der Waals surface area contributed by atoms with E-state index in [0.717, 1.165) is 11.1 Å². The first-order valence-electron chi connectivity index (χ1n) is 5.50. The minimum Gasteiger partial charge on any atom is -0.481 e.